The van der Waals surface area contributed by atoms with Gasteiger partial charge in [-0.1, -0.05) is 48.2 Å². The van der Waals surface area contributed by atoms with E-state index in [1.165, 1.54) is 4.90 Å². The molecule has 0 spiro atoms. The number of benzene rings is 2. The van der Waals surface area contributed by atoms with Gasteiger partial charge in [0.1, 0.15) is 0 Å². The fourth-order valence-corrected chi connectivity index (χ4v) is 3.74. The summed E-state index contributed by atoms with van der Waals surface area (Å²) in [5.41, 5.74) is 0.970. The van der Waals surface area contributed by atoms with Crippen molar-refractivity contribution in [1.29, 1.82) is 0 Å². The largest absolute Gasteiger partial charge is 0.375 e. The van der Waals surface area contributed by atoms with Crippen LogP contribution in [0.1, 0.15) is 4.88 Å². The zero-order valence-electron chi connectivity index (χ0n) is 13.1. The number of carbonyl (C=O) groups is 1. The molecule has 2 N–H and O–H groups in total. The van der Waals surface area contributed by atoms with E-state index in [2.05, 4.69) is 28.8 Å². The zero-order chi connectivity index (χ0) is 16.6. The number of thiophene rings is 1. The average Bonchev–Trinajstić information content (AvgIpc) is 3.14. The highest BCUT2D eigenvalue weighted by Gasteiger charge is 2.06. The topological polar surface area (TPSA) is 41.1 Å². The van der Waals surface area contributed by atoms with Gasteiger partial charge in [0.2, 0.25) is 5.91 Å². The minimum Gasteiger partial charge on any atom is -0.375 e. The number of nitrogens with one attached hydrogen (secondary N) is 2. The molecule has 3 rings (SSSR count). The molecule has 0 fully saturated rings. The number of rotatable bonds is 7. The third kappa shape index (κ3) is 4.88. The third-order valence-corrected chi connectivity index (χ3v) is 5.30. The monoisotopic (exact) mass is 354 g/mol. The summed E-state index contributed by atoms with van der Waals surface area (Å²) >= 11 is 3.33. The summed E-state index contributed by atoms with van der Waals surface area (Å²) in [6.45, 7) is 0.844. The molecular weight excluding hydrogens is 336 g/mol. The van der Waals surface area contributed by atoms with Gasteiger partial charge in [-0.05, 0) is 35.7 Å². The van der Waals surface area contributed by atoms with Crippen LogP contribution in [0.5, 0.6) is 0 Å². The smallest absolute Gasteiger partial charge is 0.239 e. The molecular formula is C19H18N2OS2. The predicted molar refractivity (Wildman–Crippen MR) is 102 cm³/mol. The molecule has 0 saturated carbocycles. The summed E-state index contributed by atoms with van der Waals surface area (Å²) in [6.07, 6.45) is 0. The molecule has 0 saturated heterocycles. The van der Waals surface area contributed by atoms with Crippen LogP contribution >= 0.6 is 23.1 Å². The Morgan fingerprint density at radius 2 is 1.75 bits per heavy atom. The summed E-state index contributed by atoms with van der Waals surface area (Å²) in [5, 5.41) is 8.17. The fourth-order valence-electron chi connectivity index (χ4n) is 2.15. The highest BCUT2D eigenvalue weighted by molar-refractivity contribution is 7.99. The van der Waals surface area contributed by atoms with Crippen LogP contribution in [0.25, 0.3) is 0 Å². The molecule has 0 bridgehead atoms. The molecule has 0 aliphatic rings. The second-order valence-corrected chi connectivity index (χ2v) is 7.27. The lowest BCUT2D eigenvalue weighted by atomic mass is 10.3. The van der Waals surface area contributed by atoms with Gasteiger partial charge in [0, 0.05) is 20.4 Å². The van der Waals surface area contributed by atoms with Crippen molar-refractivity contribution in [3.05, 3.63) is 77.0 Å². The lowest BCUT2D eigenvalue weighted by Crippen LogP contribution is -2.29. The number of hydrogen-bond acceptors (Lipinski definition) is 4. The summed E-state index contributed by atoms with van der Waals surface area (Å²) in [6, 6.07) is 22.3. The van der Waals surface area contributed by atoms with Gasteiger partial charge in [0.15, 0.2) is 0 Å². The van der Waals surface area contributed by atoms with Crippen molar-refractivity contribution in [2.45, 2.75) is 16.3 Å². The van der Waals surface area contributed by atoms with E-state index in [1.807, 2.05) is 53.9 Å². The molecule has 0 aliphatic heterocycles. The lowest BCUT2D eigenvalue weighted by molar-refractivity contribution is -0.119. The van der Waals surface area contributed by atoms with Crippen LogP contribution < -0.4 is 10.6 Å². The number of anilines is 1. The Bertz CT molecular complexity index is 773. The van der Waals surface area contributed by atoms with E-state index in [9.17, 15) is 4.79 Å². The van der Waals surface area contributed by atoms with E-state index in [0.717, 1.165) is 15.5 Å². The summed E-state index contributed by atoms with van der Waals surface area (Å²) in [5.74, 6) is -0.0112. The molecule has 0 aliphatic carbocycles. The van der Waals surface area contributed by atoms with Gasteiger partial charge < -0.3 is 10.6 Å². The van der Waals surface area contributed by atoms with E-state index in [0.29, 0.717) is 6.54 Å². The van der Waals surface area contributed by atoms with Crippen molar-refractivity contribution in [2.24, 2.45) is 0 Å². The molecule has 122 valence electrons. The molecule has 3 aromatic rings. The first-order valence-corrected chi connectivity index (χ1v) is 9.36. The van der Waals surface area contributed by atoms with Crippen LogP contribution in [0, 0.1) is 0 Å². The van der Waals surface area contributed by atoms with Gasteiger partial charge in [-0.3, -0.25) is 4.79 Å². The maximum Gasteiger partial charge on any atom is 0.239 e. The van der Waals surface area contributed by atoms with Crippen LogP contribution in [-0.2, 0) is 11.3 Å². The van der Waals surface area contributed by atoms with Crippen molar-refractivity contribution in [3.8, 4) is 0 Å². The van der Waals surface area contributed by atoms with Crippen LogP contribution in [-0.4, -0.2) is 12.5 Å². The first kappa shape index (κ1) is 16.6. The molecule has 5 heteroatoms. The Morgan fingerprint density at radius 3 is 2.54 bits per heavy atom. The van der Waals surface area contributed by atoms with Crippen LogP contribution in [0.3, 0.4) is 0 Å². The third-order valence-electron chi connectivity index (χ3n) is 3.34. The maximum atomic E-state index is 12.0. The molecule has 0 unspecified atom stereocenters. The zero-order valence-corrected chi connectivity index (χ0v) is 14.7. The first-order chi connectivity index (χ1) is 11.8. The molecule has 0 atom stereocenters. The van der Waals surface area contributed by atoms with E-state index in [4.69, 9.17) is 0 Å². The number of para-hydroxylation sites is 1. The highest BCUT2D eigenvalue weighted by atomic mass is 32.2. The molecule has 1 heterocycles. The van der Waals surface area contributed by atoms with Gasteiger partial charge >= 0.3 is 0 Å². The van der Waals surface area contributed by atoms with Crippen molar-refractivity contribution in [3.63, 3.8) is 0 Å². The quantitative estimate of drug-likeness (QED) is 0.650. The molecule has 1 aromatic heterocycles. The van der Waals surface area contributed by atoms with Crippen molar-refractivity contribution in [2.75, 3.05) is 11.9 Å². The van der Waals surface area contributed by atoms with Gasteiger partial charge in [-0.15, -0.1) is 11.3 Å². The molecule has 3 nitrogen and oxygen atoms in total. The van der Waals surface area contributed by atoms with Gasteiger partial charge in [-0.25, -0.2) is 0 Å². The molecule has 24 heavy (non-hydrogen) atoms. The van der Waals surface area contributed by atoms with Crippen molar-refractivity contribution < 1.29 is 4.79 Å². The first-order valence-electron chi connectivity index (χ1n) is 7.66. The van der Waals surface area contributed by atoms with Crippen molar-refractivity contribution in [1.82, 2.24) is 5.32 Å². The summed E-state index contributed by atoms with van der Waals surface area (Å²) in [7, 11) is 0. The van der Waals surface area contributed by atoms with Gasteiger partial charge in [0.25, 0.3) is 0 Å². The molecule has 0 radical (unpaired) electrons. The SMILES string of the molecule is O=C(CNc1ccccc1Sc1ccccc1)NCc1cccs1. The van der Waals surface area contributed by atoms with Gasteiger partial charge in [0.05, 0.1) is 13.1 Å². The summed E-state index contributed by atoms with van der Waals surface area (Å²) in [4.78, 5) is 15.4. The second kappa shape index (κ2) is 8.57. The average molecular weight is 355 g/mol. The Balaban J connectivity index is 1.56. The normalized spacial score (nSPS) is 10.3. The number of carbonyl (C=O) groups excluding carboxylic acids is 1. The number of hydrogen-bond donors (Lipinski definition) is 2. The predicted octanol–water partition coefficient (Wildman–Crippen LogP) is 4.63. The molecule has 2 aromatic carbocycles. The Hall–Kier alpha value is -2.24. The van der Waals surface area contributed by atoms with E-state index in [-0.39, 0.29) is 12.5 Å². The van der Waals surface area contributed by atoms with Crippen molar-refractivity contribution >= 4 is 34.7 Å². The van der Waals surface area contributed by atoms with Crippen LogP contribution in [0.4, 0.5) is 5.69 Å². The van der Waals surface area contributed by atoms with Crippen LogP contribution in [0.15, 0.2) is 81.9 Å². The number of amides is 1. The standard InChI is InChI=1S/C19H18N2OS2/c22-19(21-13-16-9-6-12-23-16)14-20-17-10-4-5-11-18(17)24-15-7-2-1-3-8-15/h1-12,20H,13-14H2,(H,21,22). The van der Waals surface area contributed by atoms with Gasteiger partial charge in [-0.2, -0.15) is 0 Å². The lowest BCUT2D eigenvalue weighted by Gasteiger charge is -2.11. The van der Waals surface area contributed by atoms with E-state index < -0.39 is 0 Å². The Kier molecular flexibility index (Phi) is 5.93. The maximum absolute atomic E-state index is 12.0. The minimum atomic E-state index is -0.0112. The Morgan fingerprint density at radius 1 is 0.958 bits per heavy atom. The minimum absolute atomic E-state index is 0.0112. The Labute approximate surface area is 150 Å². The van der Waals surface area contributed by atoms with Crippen LogP contribution in [0.2, 0.25) is 0 Å². The highest BCUT2D eigenvalue weighted by Crippen LogP contribution is 2.32. The van der Waals surface area contributed by atoms with E-state index >= 15 is 0 Å². The fraction of sp³-hybridized carbons (Fsp3) is 0.105. The summed E-state index contributed by atoms with van der Waals surface area (Å²) < 4.78 is 0. The molecule has 1 amide bonds. The second-order valence-electron chi connectivity index (χ2n) is 5.12. The van der Waals surface area contributed by atoms with E-state index in [1.54, 1.807) is 23.1 Å².